The van der Waals surface area contributed by atoms with Gasteiger partial charge in [-0.15, -0.1) is 0 Å². The standard InChI is InChI=1S/C7H18NO.7CH4/c1-5-9-7-6-8(2,3)4;;;;;;;/h5-7H2,1-4H3;7*1H4/q+1;;;;;;;. The fourth-order valence-electron chi connectivity index (χ4n) is 0.483. The van der Waals surface area contributed by atoms with Crippen molar-refractivity contribution in [3.8, 4) is 0 Å². The predicted octanol–water partition coefficient (Wildman–Crippen LogP) is 5.18. The summed E-state index contributed by atoms with van der Waals surface area (Å²) in [6, 6.07) is 0. The Bertz CT molecular complexity index is 67.6. The summed E-state index contributed by atoms with van der Waals surface area (Å²) < 4.78 is 6.18. The molecule has 2 nitrogen and oxygen atoms in total. The van der Waals surface area contributed by atoms with Crippen LogP contribution in [0.5, 0.6) is 0 Å². The van der Waals surface area contributed by atoms with Crippen LogP contribution in [0.4, 0.5) is 0 Å². The Morgan fingerprint density at radius 1 is 0.750 bits per heavy atom. The Morgan fingerprint density at radius 2 is 1.06 bits per heavy atom. The van der Waals surface area contributed by atoms with Crippen LogP contribution in [0.2, 0.25) is 0 Å². The molecule has 0 saturated heterocycles. The molecular formula is C14H46NO+. The fourth-order valence-corrected chi connectivity index (χ4v) is 0.483. The van der Waals surface area contributed by atoms with Crippen LogP contribution in [0.1, 0.15) is 58.9 Å². The summed E-state index contributed by atoms with van der Waals surface area (Å²) in [7, 11) is 6.50. The minimum Gasteiger partial charge on any atom is -0.376 e. The second kappa shape index (κ2) is 29.4. The Morgan fingerprint density at radius 3 is 1.25 bits per heavy atom. The van der Waals surface area contributed by atoms with Gasteiger partial charge in [0.15, 0.2) is 0 Å². The number of nitrogens with zero attached hydrogens (tertiary/aromatic N) is 1. The lowest BCUT2D eigenvalue weighted by Crippen LogP contribution is -2.37. The topological polar surface area (TPSA) is 9.23 Å². The van der Waals surface area contributed by atoms with E-state index in [2.05, 4.69) is 21.1 Å². The van der Waals surface area contributed by atoms with E-state index >= 15 is 0 Å². The molecule has 0 fully saturated rings. The van der Waals surface area contributed by atoms with Gasteiger partial charge in [-0.2, -0.15) is 0 Å². The monoisotopic (exact) mass is 244 g/mol. The normalized spacial score (nSPS) is 6.75. The van der Waals surface area contributed by atoms with E-state index in [-0.39, 0.29) is 52.0 Å². The molecule has 0 saturated carbocycles. The van der Waals surface area contributed by atoms with Gasteiger partial charge in [0.05, 0.1) is 27.7 Å². The van der Waals surface area contributed by atoms with Crippen LogP contribution < -0.4 is 0 Å². The molecule has 0 N–H and O–H groups in total. The minimum atomic E-state index is 0. The lowest BCUT2D eigenvalue weighted by molar-refractivity contribution is -0.870. The molecule has 0 aliphatic heterocycles. The highest BCUT2D eigenvalue weighted by atomic mass is 16.5. The SMILES string of the molecule is C.C.C.C.C.C.C.CCOCC[N+](C)(C)C. The third-order valence-electron chi connectivity index (χ3n) is 1.11. The first kappa shape index (κ1) is 56.5. The van der Waals surface area contributed by atoms with Gasteiger partial charge >= 0.3 is 0 Å². The van der Waals surface area contributed by atoms with Gasteiger partial charge < -0.3 is 9.22 Å². The van der Waals surface area contributed by atoms with Crippen molar-refractivity contribution in [1.29, 1.82) is 0 Å². The first-order chi connectivity index (χ1) is 4.06. The second-order valence-corrected chi connectivity index (χ2v) is 3.21. The Balaban J connectivity index is -0.0000000152. The Labute approximate surface area is 110 Å². The van der Waals surface area contributed by atoms with E-state index in [0.29, 0.717) is 0 Å². The largest absolute Gasteiger partial charge is 0.376 e. The fraction of sp³-hybridized carbons (Fsp3) is 1.00. The molecule has 0 heterocycles. The summed E-state index contributed by atoms with van der Waals surface area (Å²) >= 11 is 0. The van der Waals surface area contributed by atoms with E-state index in [1.54, 1.807) is 0 Å². The molecule has 0 aromatic rings. The lowest BCUT2D eigenvalue weighted by Gasteiger charge is -2.23. The van der Waals surface area contributed by atoms with Crippen molar-refractivity contribution in [1.82, 2.24) is 0 Å². The maximum absolute atomic E-state index is 5.19. The van der Waals surface area contributed by atoms with Crippen LogP contribution >= 0.6 is 0 Å². The summed E-state index contributed by atoms with van der Waals surface area (Å²) in [5.41, 5.74) is 0. The van der Waals surface area contributed by atoms with E-state index in [0.717, 1.165) is 24.2 Å². The van der Waals surface area contributed by atoms with E-state index in [4.69, 9.17) is 4.74 Å². The van der Waals surface area contributed by atoms with Gasteiger partial charge in [0.1, 0.15) is 6.54 Å². The molecule has 0 unspecified atom stereocenters. The molecule has 2 heteroatoms. The van der Waals surface area contributed by atoms with Crippen LogP contribution in [-0.2, 0) is 4.74 Å². The van der Waals surface area contributed by atoms with Crippen LogP contribution in [0.3, 0.4) is 0 Å². The summed E-state index contributed by atoms with van der Waals surface area (Å²) in [5, 5.41) is 0. The molecule has 0 aromatic carbocycles. The van der Waals surface area contributed by atoms with Crippen LogP contribution in [-0.4, -0.2) is 45.4 Å². The molecule has 112 valence electrons. The molecule has 0 rings (SSSR count). The van der Waals surface area contributed by atoms with E-state index in [1.807, 2.05) is 6.92 Å². The number of quaternary nitrogens is 1. The predicted molar refractivity (Wildman–Crippen MR) is 86.5 cm³/mol. The van der Waals surface area contributed by atoms with E-state index in [1.165, 1.54) is 0 Å². The van der Waals surface area contributed by atoms with Crippen molar-refractivity contribution < 1.29 is 9.22 Å². The van der Waals surface area contributed by atoms with E-state index in [9.17, 15) is 0 Å². The van der Waals surface area contributed by atoms with Crippen LogP contribution in [0.15, 0.2) is 0 Å². The molecule has 16 heavy (non-hydrogen) atoms. The average Bonchev–Trinajstić information content (AvgIpc) is 1.63. The highest BCUT2D eigenvalue weighted by molar-refractivity contribution is 4.25. The van der Waals surface area contributed by atoms with Crippen molar-refractivity contribution in [2.45, 2.75) is 58.9 Å². The number of hydrogen-bond donors (Lipinski definition) is 0. The van der Waals surface area contributed by atoms with Gasteiger partial charge in [-0.05, 0) is 6.92 Å². The Kier molecular flexibility index (Phi) is 104. The van der Waals surface area contributed by atoms with Crippen molar-refractivity contribution in [3.63, 3.8) is 0 Å². The summed E-state index contributed by atoms with van der Waals surface area (Å²) in [6.45, 7) is 4.82. The zero-order valence-electron chi connectivity index (χ0n) is 6.98. The smallest absolute Gasteiger partial charge is 0.102 e. The molecule has 0 atom stereocenters. The van der Waals surface area contributed by atoms with E-state index < -0.39 is 0 Å². The molecule has 0 bridgehead atoms. The second-order valence-electron chi connectivity index (χ2n) is 3.21. The average molecular weight is 245 g/mol. The summed E-state index contributed by atoms with van der Waals surface area (Å²) in [6.07, 6.45) is 0. The third-order valence-corrected chi connectivity index (χ3v) is 1.11. The molecule has 0 spiro atoms. The molecule has 0 aliphatic carbocycles. The number of rotatable bonds is 4. The van der Waals surface area contributed by atoms with Gasteiger partial charge in [0, 0.05) is 6.61 Å². The number of likely N-dealkylation sites (N-methyl/N-ethyl adjacent to an activating group) is 1. The van der Waals surface area contributed by atoms with Gasteiger partial charge in [0.2, 0.25) is 0 Å². The van der Waals surface area contributed by atoms with Gasteiger partial charge in [-0.3, -0.25) is 0 Å². The molecular weight excluding hydrogens is 198 g/mol. The number of ether oxygens (including phenoxy) is 1. The third kappa shape index (κ3) is 66.3. The van der Waals surface area contributed by atoms with Crippen LogP contribution in [0, 0.1) is 0 Å². The summed E-state index contributed by atoms with van der Waals surface area (Å²) in [5.74, 6) is 0. The van der Waals surface area contributed by atoms with Gasteiger partial charge in [-0.25, -0.2) is 0 Å². The highest BCUT2D eigenvalue weighted by Crippen LogP contribution is 1.88. The zero-order chi connectivity index (χ0) is 7.33. The molecule has 0 aromatic heterocycles. The Hall–Kier alpha value is -0.0800. The lowest BCUT2D eigenvalue weighted by atomic mass is 10.5. The molecule has 0 aliphatic rings. The number of hydrogen-bond acceptors (Lipinski definition) is 1. The van der Waals surface area contributed by atoms with Gasteiger partial charge in [-0.1, -0.05) is 52.0 Å². The zero-order valence-corrected chi connectivity index (χ0v) is 6.98. The highest BCUT2D eigenvalue weighted by Gasteiger charge is 2.04. The summed E-state index contributed by atoms with van der Waals surface area (Å²) in [4.78, 5) is 0. The quantitative estimate of drug-likeness (QED) is 0.489. The van der Waals surface area contributed by atoms with Crippen molar-refractivity contribution in [3.05, 3.63) is 0 Å². The minimum absolute atomic E-state index is 0. The van der Waals surface area contributed by atoms with Crippen molar-refractivity contribution in [2.24, 2.45) is 0 Å². The van der Waals surface area contributed by atoms with Crippen LogP contribution in [0.25, 0.3) is 0 Å². The molecule has 0 radical (unpaired) electrons. The van der Waals surface area contributed by atoms with Crippen molar-refractivity contribution in [2.75, 3.05) is 40.9 Å². The first-order valence-electron chi connectivity index (χ1n) is 3.44. The maximum Gasteiger partial charge on any atom is 0.102 e. The maximum atomic E-state index is 5.19. The molecule has 0 amide bonds. The first-order valence-corrected chi connectivity index (χ1v) is 3.44. The van der Waals surface area contributed by atoms with Crippen molar-refractivity contribution >= 4 is 0 Å². The van der Waals surface area contributed by atoms with Gasteiger partial charge in [0.25, 0.3) is 0 Å².